The number of ether oxygens (including phenoxy) is 1. The van der Waals surface area contributed by atoms with Gasteiger partial charge in [-0.25, -0.2) is 4.79 Å². The van der Waals surface area contributed by atoms with Crippen LogP contribution in [0, 0.1) is 5.92 Å². The smallest absolute Gasteiger partial charge is 0.326 e. The monoisotopic (exact) mass is 273 g/mol. The summed E-state index contributed by atoms with van der Waals surface area (Å²) in [5.74, 6) is -1.05. The molecule has 1 rings (SSSR count). The second kappa shape index (κ2) is 6.80. The number of aliphatic carboxylic acids is 1. The topological polar surface area (TPSA) is 66.8 Å². The number of thiol groups is 1. The third kappa shape index (κ3) is 3.49. The van der Waals surface area contributed by atoms with Gasteiger partial charge in [-0.1, -0.05) is 13.0 Å². The van der Waals surface area contributed by atoms with Gasteiger partial charge in [0.15, 0.2) is 0 Å². The maximum atomic E-state index is 12.0. The van der Waals surface area contributed by atoms with Crippen LogP contribution in [0.1, 0.15) is 13.3 Å². The summed E-state index contributed by atoms with van der Waals surface area (Å²) >= 11 is 4.07. The standard InChI is InChI=1S/C12H19NO4S/c1-3-4-17-9-5-10(12(15)16)13(6-9)11(14)8(2)7-18/h3,8-10,18H,1,4-7H2,2H3,(H,15,16)/t8?,9-,10+/m1/s1. The molecule has 1 heterocycles. The van der Waals surface area contributed by atoms with Gasteiger partial charge in [-0.05, 0) is 0 Å². The van der Waals surface area contributed by atoms with Gasteiger partial charge in [0, 0.05) is 24.6 Å². The number of carbonyl (C=O) groups is 2. The minimum Gasteiger partial charge on any atom is -0.480 e. The predicted octanol–water partition coefficient (Wildman–Crippen LogP) is 0.809. The van der Waals surface area contributed by atoms with E-state index in [1.165, 1.54) is 4.90 Å². The Bertz CT molecular complexity index is 334. The van der Waals surface area contributed by atoms with Gasteiger partial charge < -0.3 is 14.7 Å². The summed E-state index contributed by atoms with van der Waals surface area (Å²) in [6, 6.07) is -0.797. The number of hydrogen-bond donors (Lipinski definition) is 2. The molecule has 6 heteroatoms. The minimum atomic E-state index is -0.987. The Morgan fingerprint density at radius 2 is 2.33 bits per heavy atom. The molecule has 18 heavy (non-hydrogen) atoms. The highest BCUT2D eigenvalue weighted by molar-refractivity contribution is 7.80. The molecule has 3 atom stereocenters. The maximum absolute atomic E-state index is 12.0. The number of hydrogen-bond acceptors (Lipinski definition) is 4. The first kappa shape index (κ1) is 15.0. The average molecular weight is 273 g/mol. The van der Waals surface area contributed by atoms with Crippen LogP contribution in [0.15, 0.2) is 12.7 Å². The number of nitrogens with zero attached hydrogens (tertiary/aromatic N) is 1. The van der Waals surface area contributed by atoms with E-state index in [2.05, 4.69) is 19.2 Å². The van der Waals surface area contributed by atoms with Gasteiger partial charge in [-0.2, -0.15) is 12.6 Å². The van der Waals surface area contributed by atoms with Crippen molar-refractivity contribution in [2.75, 3.05) is 18.9 Å². The highest BCUT2D eigenvalue weighted by Gasteiger charge is 2.40. The Labute approximate surface area is 112 Å². The molecular formula is C12H19NO4S. The van der Waals surface area contributed by atoms with Gasteiger partial charge in [0.25, 0.3) is 0 Å². The Morgan fingerprint density at radius 1 is 1.67 bits per heavy atom. The van der Waals surface area contributed by atoms with E-state index in [1.807, 2.05) is 0 Å². The molecule has 0 saturated carbocycles. The molecule has 1 unspecified atom stereocenters. The van der Waals surface area contributed by atoms with Gasteiger partial charge in [0.1, 0.15) is 6.04 Å². The van der Waals surface area contributed by atoms with Crippen LogP contribution in [0.5, 0.6) is 0 Å². The number of carboxylic acids is 1. The normalized spacial score (nSPS) is 24.9. The summed E-state index contributed by atoms with van der Waals surface area (Å²) in [6.45, 7) is 5.97. The second-order valence-electron chi connectivity index (χ2n) is 4.41. The zero-order chi connectivity index (χ0) is 13.7. The van der Waals surface area contributed by atoms with Crippen LogP contribution in [0.3, 0.4) is 0 Å². The van der Waals surface area contributed by atoms with Crippen molar-refractivity contribution in [1.82, 2.24) is 4.90 Å². The van der Waals surface area contributed by atoms with E-state index in [9.17, 15) is 9.59 Å². The molecule has 0 aromatic heterocycles. The Kier molecular flexibility index (Phi) is 5.68. The van der Waals surface area contributed by atoms with E-state index >= 15 is 0 Å². The van der Waals surface area contributed by atoms with Crippen LogP contribution < -0.4 is 0 Å². The SMILES string of the molecule is C=CCO[C@@H]1C[C@@H](C(=O)O)N(C(=O)C(C)CS)C1. The lowest BCUT2D eigenvalue weighted by Crippen LogP contribution is -2.43. The molecule has 1 aliphatic heterocycles. The van der Waals surface area contributed by atoms with Crippen LogP contribution in [-0.4, -0.2) is 52.9 Å². The molecule has 0 aliphatic carbocycles. The van der Waals surface area contributed by atoms with Crippen LogP contribution in [0.25, 0.3) is 0 Å². The number of carboxylic acid groups (broad SMARTS) is 1. The number of likely N-dealkylation sites (tertiary alicyclic amines) is 1. The summed E-state index contributed by atoms with van der Waals surface area (Å²) in [5, 5.41) is 9.14. The summed E-state index contributed by atoms with van der Waals surface area (Å²) < 4.78 is 5.43. The first-order valence-electron chi connectivity index (χ1n) is 5.87. The zero-order valence-corrected chi connectivity index (χ0v) is 11.3. The van der Waals surface area contributed by atoms with Crippen LogP contribution in [0.4, 0.5) is 0 Å². The van der Waals surface area contributed by atoms with Gasteiger partial charge in [-0.3, -0.25) is 4.79 Å². The molecule has 0 bridgehead atoms. The van der Waals surface area contributed by atoms with Crippen molar-refractivity contribution in [2.24, 2.45) is 5.92 Å². The van der Waals surface area contributed by atoms with Crippen molar-refractivity contribution in [3.63, 3.8) is 0 Å². The third-order valence-electron chi connectivity index (χ3n) is 2.98. The molecule has 0 radical (unpaired) electrons. The minimum absolute atomic E-state index is 0.179. The van der Waals surface area contributed by atoms with Crippen molar-refractivity contribution in [3.05, 3.63) is 12.7 Å². The number of rotatable bonds is 6. The summed E-state index contributed by atoms with van der Waals surface area (Å²) in [7, 11) is 0. The molecule has 1 saturated heterocycles. The lowest BCUT2D eigenvalue weighted by atomic mass is 10.1. The molecule has 1 aliphatic rings. The molecule has 1 N–H and O–H groups in total. The highest BCUT2D eigenvalue weighted by Crippen LogP contribution is 2.23. The molecule has 1 fully saturated rings. The van der Waals surface area contributed by atoms with E-state index in [-0.39, 0.29) is 17.9 Å². The molecule has 102 valence electrons. The van der Waals surface area contributed by atoms with E-state index in [4.69, 9.17) is 9.84 Å². The maximum Gasteiger partial charge on any atom is 0.326 e. The zero-order valence-electron chi connectivity index (χ0n) is 10.4. The fourth-order valence-corrected chi connectivity index (χ4v) is 2.12. The van der Waals surface area contributed by atoms with Crippen molar-refractivity contribution in [1.29, 1.82) is 0 Å². The summed E-state index contributed by atoms with van der Waals surface area (Å²) in [5.41, 5.74) is 0. The van der Waals surface area contributed by atoms with E-state index in [0.29, 0.717) is 25.3 Å². The summed E-state index contributed by atoms with van der Waals surface area (Å²) in [4.78, 5) is 24.6. The third-order valence-corrected chi connectivity index (χ3v) is 3.52. The lowest BCUT2D eigenvalue weighted by Gasteiger charge is -2.24. The van der Waals surface area contributed by atoms with Crippen LogP contribution in [0.2, 0.25) is 0 Å². The Morgan fingerprint density at radius 3 is 2.83 bits per heavy atom. The molecule has 0 spiro atoms. The molecule has 5 nitrogen and oxygen atoms in total. The molecule has 0 aromatic rings. The van der Waals surface area contributed by atoms with Crippen molar-refractivity contribution in [3.8, 4) is 0 Å². The quantitative estimate of drug-likeness (QED) is 0.555. The van der Waals surface area contributed by atoms with Crippen LogP contribution in [-0.2, 0) is 14.3 Å². The van der Waals surface area contributed by atoms with E-state index in [1.54, 1.807) is 13.0 Å². The summed E-state index contributed by atoms with van der Waals surface area (Å²) in [6.07, 6.45) is 1.70. The van der Waals surface area contributed by atoms with Crippen molar-refractivity contribution in [2.45, 2.75) is 25.5 Å². The highest BCUT2D eigenvalue weighted by atomic mass is 32.1. The average Bonchev–Trinajstić information content (AvgIpc) is 2.78. The Hall–Kier alpha value is -1.01. The van der Waals surface area contributed by atoms with E-state index < -0.39 is 12.0 Å². The molecule has 1 amide bonds. The van der Waals surface area contributed by atoms with Gasteiger partial charge >= 0.3 is 5.97 Å². The van der Waals surface area contributed by atoms with Gasteiger partial charge in [0.2, 0.25) is 5.91 Å². The Balaban J connectivity index is 2.72. The fourth-order valence-electron chi connectivity index (χ4n) is 1.96. The predicted molar refractivity (Wildman–Crippen MR) is 70.7 cm³/mol. The number of amides is 1. The molecule has 0 aromatic carbocycles. The van der Waals surface area contributed by atoms with Crippen molar-refractivity contribution < 1.29 is 19.4 Å². The van der Waals surface area contributed by atoms with Crippen molar-refractivity contribution >= 4 is 24.5 Å². The van der Waals surface area contributed by atoms with Gasteiger partial charge in [-0.15, -0.1) is 6.58 Å². The van der Waals surface area contributed by atoms with Crippen LogP contribution >= 0.6 is 12.6 Å². The first-order valence-corrected chi connectivity index (χ1v) is 6.51. The van der Waals surface area contributed by atoms with Gasteiger partial charge in [0.05, 0.1) is 12.7 Å². The first-order chi connectivity index (χ1) is 8.51. The second-order valence-corrected chi connectivity index (χ2v) is 4.77. The van der Waals surface area contributed by atoms with E-state index in [0.717, 1.165) is 0 Å². The fraction of sp³-hybridized carbons (Fsp3) is 0.667. The lowest BCUT2D eigenvalue weighted by molar-refractivity contribution is -0.149. The largest absolute Gasteiger partial charge is 0.480 e. The molecular weight excluding hydrogens is 254 g/mol. The number of carbonyl (C=O) groups excluding carboxylic acids is 1.